The van der Waals surface area contributed by atoms with Crippen LogP contribution in [-0.4, -0.2) is 30.5 Å². The Balaban J connectivity index is 1.82. The molecule has 0 radical (unpaired) electrons. The number of carbonyl (C=O) groups is 1. The monoisotopic (exact) mass is 315 g/mol. The van der Waals surface area contributed by atoms with Crippen molar-refractivity contribution in [3.05, 3.63) is 60.2 Å². The largest absolute Gasteiger partial charge is 0.494 e. The normalized spacial score (nSPS) is 11.5. The maximum absolute atomic E-state index is 10.9. The lowest BCUT2D eigenvalue weighted by Crippen LogP contribution is -2.39. The molecule has 1 amide bonds. The quantitative estimate of drug-likeness (QED) is 0.782. The lowest BCUT2D eigenvalue weighted by molar-refractivity contribution is 0.173. The number of amides is 1. The van der Waals surface area contributed by atoms with E-state index in [1.807, 2.05) is 61.5 Å². The van der Waals surface area contributed by atoms with Gasteiger partial charge in [0.25, 0.3) is 0 Å². The van der Waals surface area contributed by atoms with Crippen molar-refractivity contribution in [2.75, 3.05) is 13.2 Å². The average Bonchev–Trinajstić information content (AvgIpc) is 2.53. The Morgan fingerprint density at radius 1 is 1.09 bits per heavy atom. The zero-order valence-electron chi connectivity index (χ0n) is 13.1. The molecule has 1 atom stereocenters. The van der Waals surface area contributed by atoms with Gasteiger partial charge < -0.3 is 19.9 Å². The zero-order valence-corrected chi connectivity index (χ0v) is 13.1. The lowest BCUT2D eigenvalue weighted by Gasteiger charge is -2.18. The molecule has 2 aromatic rings. The summed E-state index contributed by atoms with van der Waals surface area (Å²) >= 11 is 0. The summed E-state index contributed by atoms with van der Waals surface area (Å²) in [6.07, 6.45) is -0.546. The first-order valence-corrected chi connectivity index (χ1v) is 7.50. The third-order valence-corrected chi connectivity index (χ3v) is 3.25. The fraction of sp³-hybridized carbons (Fsp3) is 0.278. The molecule has 122 valence electrons. The number of aryl methyl sites for hydroxylation is 1. The Bertz CT molecular complexity index is 615. The third kappa shape index (κ3) is 6.30. The third-order valence-electron chi connectivity index (χ3n) is 3.25. The van der Waals surface area contributed by atoms with Gasteiger partial charge in [-0.05, 0) is 36.8 Å². The number of hydrogen-bond donors (Lipinski definition) is 2. The topological polar surface area (TPSA) is 67.8 Å². The van der Waals surface area contributed by atoms with Gasteiger partial charge >= 0.3 is 6.09 Å². The molecule has 23 heavy (non-hydrogen) atoms. The van der Waals surface area contributed by atoms with Gasteiger partial charge in [-0.1, -0.05) is 30.3 Å². The molecule has 5 heteroatoms. The molecule has 2 aromatic carbocycles. The molecular weight excluding hydrogens is 294 g/mol. The van der Waals surface area contributed by atoms with Crippen LogP contribution in [0.25, 0.3) is 0 Å². The lowest BCUT2D eigenvalue weighted by atomic mass is 10.2. The molecule has 5 nitrogen and oxygen atoms in total. The summed E-state index contributed by atoms with van der Waals surface area (Å²) in [5.41, 5.74) is 1.10. The highest BCUT2D eigenvalue weighted by Crippen LogP contribution is 2.13. The highest BCUT2D eigenvalue weighted by molar-refractivity contribution is 5.64. The van der Waals surface area contributed by atoms with E-state index in [1.165, 1.54) is 0 Å². The summed E-state index contributed by atoms with van der Waals surface area (Å²) < 4.78 is 11.3. The molecule has 0 saturated carbocycles. The summed E-state index contributed by atoms with van der Waals surface area (Å²) in [5.74, 6) is 1.49. The van der Waals surface area contributed by atoms with Gasteiger partial charge in [0, 0.05) is 6.42 Å². The fourth-order valence-corrected chi connectivity index (χ4v) is 2.11. The van der Waals surface area contributed by atoms with Crippen LogP contribution in [0.1, 0.15) is 12.0 Å². The minimum Gasteiger partial charge on any atom is -0.494 e. The van der Waals surface area contributed by atoms with Crippen molar-refractivity contribution in [1.29, 1.82) is 0 Å². The molecule has 0 heterocycles. The van der Waals surface area contributed by atoms with Crippen molar-refractivity contribution in [2.24, 2.45) is 0 Å². The van der Waals surface area contributed by atoms with Gasteiger partial charge in [-0.2, -0.15) is 0 Å². The summed E-state index contributed by atoms with van der Waals surface area (Å²) in [4.78, 5) is 10.9. The highest BCUT2D eigenvalue weighted by atomic mass is 16.5. The van der Waals surface area contributed by atoms with Gasteiger partial charge in [0.1, 0.15) is 18.1 Å². The molecule has 0 aromatic heterocycles. The van der Waals surface area contributed by atoms with Crippen LogP contribution in [-0.2, 0) is 0 Å². The predicted octanol–water partition coefficient (Wildman–Crippen LogP) is 3.48. The maximum Gasteiger partial charge on any atom is 0.404 e. The predicted molar refractivity (Wildman–Crippen MR) is 88.2 cm³/mol. The van der Waals surface area contributed by atoms with Crippen molar-refractivity contribution in [1.82, 2.24) is 5.32 Å². The molecule has 0 fully saturated rings. The molecule has 0 aliphatic heterocycles. The molecule has 0 spiro atoms. The number of carboxylic acid groups (broad SMARTS) is 1. The van der Waals surface area contributed by atoms with Crippen molar-refractivity contribution < 1.29 is 19.4 Å². The fourth-order valence-electron chi connectivity index (χ4n) is 2.11. The molecule has 0 saturated heterocycles. The Hall–Kier alpha value is -2.69. The Morgan fingerprint density at radius 3 is 2.52 bits per heavy atom. The minimum absolute atomic E-state index is 0.258. The van der Waals surface area contributed by atoms with Gasteiger partial charge in [0.2, 0.25) is 0 Å². The zero-order chi connectivity index (χ0) is 16.5. The summed E-state index contributed by atoms with van der Waals surface area (Å²) in [6, 6.07) is 16.7. The molecule has 2 N–H and O–H groups in total. The highest BCUT2D eigenvalue weighted by Gasteiger charge is 2.13. The Kier molecular flexibility index (Phi) is 6.29. The second-order valence-electron chi connectivity index (χ2n) is 5.22. The standard InChI is InChI=1S/C18H21NO4/c1-14-6-5-9-17(12-14)23-13-15(19-18(20)21)10-11-22-16-7-3-2-4-8-16/h2-9,12,15,19H,10-11,13H2,1H3,(H,20,21)/t15-/m0/s1. The van der Waals surface area contributed by atoms with Crippen LogP contribution in [0.2, 0.25) is 0 Å². The van der Waals surface area contributed by atoms with Gasteiger partial charge in [-0.25, -0.2) is 4.79 Å². The number of ether oxygens (including phenoxy) is 2. The van der Waals surface area contributed by atoms with E-state index in [9.17, 15) is 4.79 Å². The Labute approximate surface area is 135 Å². The van der Waals surface area contributed by atoms with E-state index in [1.54, 1.807) is 0 Å². The maximum atomic E-state index is 10.9. The summed E-state index contributed by atoms with van der Waals surface area (Å²) in [6.45, 7) is 2.65. The average molecular weight is 315 g/mol. The van der Waals surface area contributed by atoms with Crippen LogP contribution >= 0.6 is 0 Å². The molecule has 0 aliphatic rings. The number of nitrogens with one attached hydrogen (secondary N) is 1. The minimum atomic E-state index is -1.07. The van der Waals surface area contributed by atoms with Crippen molar-refractivity contribution >= 4 is 6.09 Å². The van der Waals surface area contributed by atoms with E-state index < -0.39 is 6.09 Å². The van der Waals surface area contributed by atoms with E-state index in [0.717, 1.165) is 17.1 Å². The van der Waals surface area contributed by atoms with E-state index in [0.29, 0.717) is 13.0 Å². The van der Waals surface area contributed by atoms with Gasteiger partial charge in [0.05, 0.1) is 12.6 Å². The first kappa shape index (κ1) is 16.7. The second kappa shape index (κ2) is 8.68. The smallest absolute Gasteiger partial charge is 0.404 e. The van der Waals surface area contributed by atoms with E-state index >= 15 is 0 Å². The van der Waals surface area contributed by atoms with Gasteiger partial charge in [-0.3, -0.25) is 0 Å². The second-order valence-corrected chi connectivity index (χ2v) is 5.22. The van der Waals surface area contributed by atoms with E-state index in [2.05, 4.69) is 5.32 Å². The van der Waals surface area contributed by atoms with E-state index in [-0.39, 0.29) is 12.6 Å². The SMILES string of the molecule is Cc1cccc(OC[C@H](CCOc2ccccc2)NC(=O)O)c1. The van der Waals surface area contributed by atoms with Crippen LogP contribution in [0.15, 0.2) is 54.6 Å². The number of benzene rings is 2. The summed E-state index contributed by atoms with van der Waals surface area (Å²) in [5, 5.41) is 11.4. The molecule has 2 rings (SSSR count). The number of rotatable bonds is 8. The molecular formula is C18H21NO4. The van der Waals surface area contributed by atoms with E-state index in [4.69, 9.17) is 14.6 Å². The van der Waals surface area contributed by atoms with Crippen LogP contribution in [0.4, 0.5) is 4.79 Å². The van der Waals surface area contributed by atoms with Crippen molar-refractivity contribution in [2.45, 2.75) is 19.4 Å². The van der Waals surface area contributed by atoms with Gasteiger partial charge in [-0.15, -0.1) is 0 Å². The van der Waals surface area contributed by atoms with Crippen LogP contribution in [0.3, 0.4) is 0 Å². The number of hydrogen-bond acceptors (Lipinski definition) is 3. The first-order chi connectivity index (χ1) is 11.1. The number of para-hydroxylation sites is 1. The van der Waals surface area contributed by atoms with Crippen LogP contribution < -0.4 is 14.8 Å². The van der Waals surface area contributed by atoms with Crippen LogP contribution in [0.5, 0.6) is 11.5 Å². The Morgan fingerprint density at radius 2 is 1.83 bits per heavy atom. The molecule has 0 bridgehead atoms. The molecule has 0 unspecified atom stereocenters. The van der Waals surface area contributed by atoms with Crippen molar-refractivity contribution in [3.63, 3.8) is 0 Å². The van der Waals surface area contributed by atoms with Crippen molar-refractivity contribution in [3.8, 4) is 11.5 Å². The van der Waals surface area contributed by atoms with Gasteiger partial charge in [0.15, 0.2) is 0 Å². The first-order valence-electron chi connectivity index (χ1n) is 7.50. The molecule has 0 aliphatic carbocycles. The van der Waals surface area contributed by atoms with Crippen LogP contribution in [0, 0.1) is 6.92 Å². The summed E-state index contributed by atoms with van der Waals surface area (Å²) in [7, 11) is 0.